The zero-order valence-electron chi connectivity index (χ0n) is 17.8. The van der Waals surface area contributed by atoms with Crippen LogP contribution in [0.15, 0.2) is 60.9 Å². The van der Waals surface area contributed by atoms with E-state index < -0.39 is 0 Å². The first-order chi connectivity index (χ1) is 15.6. The molecule has 3 N–H and O–H groups in total. The van der Waals surface area contributed by atoms with Gasteiger partial charge in [0.05, 0.1) is 30.7 Å². The van der Waals surface area contributed by atoms with Crippen LogP contribution in [0, 0.1) is 5.82 Å². The molecule has 0 aliphatic carbocycles. The molecule has 0 bridgehead atoms. The van der Waals surface area contributed by atoms with Crippen LogP contribution in [0.4, 0.5) is 22.0 Å². The van der Waals surface area contributed by atoms with E-state index in [4.69, 9.17) is 4.74 Å². The molecule has 4 aromatic rings. The third kappa shape index (κ3) is 5.57. The molecular formula is C23H24FN7O. The number of aromatic nitrogens is 5. The zero-order valence-corrected chi connectivity index (χ0v) is 17.8. The van der Waals surface area contributed by atoms with Crippen molar-refractivity contribution in [1.29, 1.82) is 0 Å². The van der Waals surface area contributed by atoms with Crippen molar-refractivity contribution in [2.75, 3.05) is 17.7 Å². The van der Waals surface area contributed by atoms with Crippen molar-refractivity contribution in [2.24, 2.45) is 0 Å². The van der Waals surface area contributed by atoms with Crippen molar-refractivity contribution in [2.45, 2.75) is 25.8 Å². The lowest BCUT2D eigenvalue weighted by Gasteiger charge is -2.13. The second-order valence-electron chi connectivity index (χ2n) is 7.28. The number of aromatic amines is 1. The maximum absolute atomic E-state index is 13.1. The Morgan fingerprint density at radius 1 is 1.09 bits per heavy atom. The van der Waals surface area contributed by atoms with E-state index in [9.17, 15) is 4.39 Å². The molecule has 0 amide bonds. The van der Waals surface area contributed by atoms with Crippen molar-refractivity contribution >= 4 is 17.6 Å². The molecule has 0 aliphatic heterocycles. The summed E-state index contributed by atoms with van der Waals surface area (Å²) in [7, 11) is 1.67. The van der Waals surface area contributed by atoms with Crippen LogP contribution in [0.2, 0.25) is 0 Å². The van der Waals surface area contributed by atoms with E-state index in [2.05, 4.69) is 41.8 Å². The Morgan fingerprint density at radius 2 is 2.00 bits per heavy atom. The number of hydrogen-bond acceptors (Lipinski definition) is 7. The number of hydrogen-bond donors (Lipinski definition) is 3. The summed E-state index contributed by atoms with van der Waals surface area (Å²) in [4.78, 5) is 12.8. The summed E-state index contributed by atoms with van der Waals surface area (Å²) in [6.45, 7) is 1.91. The van der Waals surface area contributed by atoms with Gasteiger partial charge in [0.1, 0.15) is 23.2 Å². The summed E-state index contributed by atoms with van der Waals surface area (Å²) in [6.07, 6.45) is 4.50. The van der Waals surface area contributed by atoms with Gasteiger partial charge in [0.15, 0.2) is 0 Å². The molecule has 0 aliphatic rings. The predicted octanol–water partition coefficient (Wildman–Crippen LogP) is 4.44. The van der Waals surface area contributed by atoms with E-state index in [0.29, 0.717) is 17.5 Å². The Labute approximate surface area is 185 Å². The molecular weight excluding hydrogens is 409 g/mol. The highest BCUT2D eigenvalue weighted by Gasteiger charge is 2.10. The molecule has 9 heteroatoms. The third-order valence-corrected chi connectivity index (χ3v) is 4.89. The van der Waals surface area contributed by atoms with Crippen molar-refractivity contribution in [3.8, 4) is 5.75 Å². The second kappa shape index (κ2) is 9.86. The molecule has 0 unspecified atom stereocenters. The molecule has 0 radical (unpaired) electrons. The summed E-state index contributed by atoms with van der Waals surface area (Å²) < 4.78 is 18.3. The first kappa shape index (κ1) is 21.2. The molecule has 1 atom stereocenters. The third-order valence-electron chi connectivity index (χ3n) is 4.89. The first-order valence-electron chi connectivity index (χ1n) is 10.2. The van der Waals surface area contributed by atoms with E-state index in [1.165, 1.54) is 17.8 Å². The number of aryl methyl sites for hydroxylation is 2. The van der Waals surface area contributed by atoms with Crippen LogP contribution in [0.5, 0.6) is 5.75 Å². The fraction of sp³-hybridized carbons (Fsp3) is 0.217. The number of rotatable bonds is 9. The molecule has 3 aromatic heterocycles. The highest BCUT2D eigenvalue weighted by atomic mass is 19.1. The maximum Gasteiger partial charge on any atom is 0.225 e. The smallest absolute Gasteiger partial charge is 0.225 e. The Balaban J connectivity index is 1.35. The lowest BCUT2D eigenvalue weighted by molar-refractivity contribution is 0.414. The maximum atomic E-state index is 13.1. The molecule has 4 rings (SSSR count). The van der Waals surface area contributed by atoms with E-state index in [1.807, 2.05) is 31.2 Å². The Hall–Kier alpha value is -4.01. The normalized spacial score (nSPS) is 11.7. The van der Waals surface area contributed by atoms with Crippen LogP contribution in [0.1, 0.15) is 29.9 Å². The van der Waals surface area contributed by atoms with Crippen molar-refractivity contribution in [3.05, 3.63) is 83.7 Å². The number of methoxy groups -OCH3 is 1. The molecule has 0 saturated carbocycles. The first-order valence-corrected chi connectivity index (χ1v) is 10.2. The fourth-order valence-electron chi connectivity index (χ4n) is 3.20. The minimum atomic E-state index is -0.370. The standard InChI is InChI=1S/C23H24FN7O/c1-15(20-9-7-17(24)14-26-20)27-23-25-11-10-21(29-23)28-22-13-18(30-31-22)8-6-16-4-3-5-19(12-16)32-2/h3-5,7,9-15H,6,8H2,1-2H3,(H3,25,27,28,29,30,31)/t15-/m0/s1. The molecule has 0 fully saturated rings. The SMILES string of the molecule is COc1cccc(CCc2cc(Nc3ccnc(N[C@@H](C)c4ccc(F)cn4)n3)[nH]n2)c1. The van der Waals surface area contributed by atoms with Crippen LogP contribution in [-0.4, -0.2) is 32.3 Å². The summed E-state index contributed by atoms with van der Waals surface area (Å²) in [6, 6.07) is 14.6. The monoisotopic (exact) mass is 433 g/mol. The molecule has 8 nitrogen and oxygen atoms in total. The van der Waals surface area contributed by atoms with Crippen LogP contribution in [0.25, 0.3) is 0 Å². The average Bonchev–Trinajstić information content (AvgIpc) is 3.25. The second-order valence-corrected chi connectivity index (χ2v) is 7.28. The summed E-state index contributed by atoms with van der Waals surface area (Å²) in [5, 5.41) is 13.7. The number of H-pyrrole nitrogens is 1. The predicted molar refractivity (Wildman–Crippen MR) is 121 cm³/mol. The summed E-state index contributed by atoms with van der Waals surface area (Å²) in [5.74, 6) is 2.27. The quantitative estimate of drug-likeness (QED) is 0.359. The molecule has 0 saturated heterocycles. The minimum absolute atomic E-state index is 0.179. The van der Waals surface area contributed by atoms with Crippen LogP contribution in [0.3, 0.4) is 0 Å². The molecule has 1 aromatic carbocycles. The molecule has 3 heterocycles. The van der Waals surface area contributed by atoms with Gasteiger partial charge in [-0.2, -0.15) is 10.1 Å². The van der Waals surface area contributed by atoms with Crippen LogP contribution >= 0.6 is 0 Å². The lowest BCUT2D eigenvalue weighted by Crippen LogP contribution is -2.11. The van der Waals surface area contributed by atoms with Gasteiger partial charge in [0.25, 0.3) is 0 Å². The zero-order chi connectivity index (χ0) is 22.3. The van der Waals surface area contributed by atoms with Crippen molar-refractivity contribution in [3.63, 3.8) is 0 Å². The Bertz CT molecular complexity index is 1160. The highest BCUT2D eigenvalue weighted by Crippen LogP contribution is 2.19. The highest BCUT2D eigenvalue weighted by molar-refractivity contribution is 5.53. The fourth-order valence-corrected chi connectivity index (χ4v) is 3.20. The number of ether oxygens (including phenoxy) is 1. The van der Waals surface area contributed by atoms with Crippen molar-refractivity contribution < 1.29 is 9.13 Å². The molecule has 32 heavy (non-hydrogen) atoms. The lowest BCUT2D eigenvalue weighted by atomic mass is 10.1. The Kier molecular flexibility index (Phi) is 6.54. The van der Waals surface area contributed by atoms with Gasteiger partial charge in [-0.15, -0.1) is 0 Å². The number of pyridine rings is 1. The number of halogens is 1. The van der Waals surface area contributed by atoms with E-state index in [1.54, 1.807) is 25.4 Å². The van der Waals surface area contributed by atoms with Gasteiger partial charge in [-0.1, -0.05) is 12.1 Å². The van der Waals surface area contributed by atoms with E-state index >= 15 is 0 Å². The van der Waals surface area contributed by atoms with Crippen molar-refractivity contribution in [1.82, 2.24) is 25.1 Å². The molecule has 0 spiro atoms. The number of anilines is 3. The van der Waals surface area contributed by atoms with Gasteiger partial charge in [-0.3, -0.25) is 10.1 Å². The van der Waals surface area contributed by atoms with Gasteiger partial charge in [0.2, 0.25) is 5.95 Å². The summed E-state index contributed by atoms with van der Waals surface area (Å²) in [5.41, 5.74) is 2.83. The van der Waals surface area contributed by atoms with E-state index in [0.717, 1.165) is 30.1 Å². The van der Waals surface area contributed by atoms with E-state index in [-0.39, 0.29) is 11.9 Å². The number of nitrogens with zero attached hydrogens (tertiary/aromatic N) is 4. The van der Waals surface area contributed by atoms with Crippen LogP contribution < -0.4 is 15.4 Å². The van der Waals surface area contributed by atoms with Gasteiger partial charge >= 0.3 is 0 Å². The van der Waals surface area contributed by atoms with Gasteiger partial charge in [-0.05, 0) is 55.7 Å². The van der Waals surface area contributed by atoms with Crippen LogP contribution in [-0.2, 0) is 12.8 Å². The van der Waals surface area contributed by atoms with Gasteiger partial charge in [0, 0.05) is 12.3 Å². The number of benzene rings is 1. The largest absolute Gasteiger partial charge is 0.497 e. The van der Waals surface area contributed by atoms with Gasteiger partial charge < -0.3 is 15.4 Å². The topological polar surface area (TPSA) is 101 Å². The average molecular weight is 433 g/mol. The summed E-state index contributed by atoms with van der Waals surface area (Å²) >= 11 is 0. The van der Waals surface area contributed by atoms with Gasteiger partial charge in [-0.25, -0.2) is 9.37 Å². The number of nitrogens with one attached hydrogen (secondary N) is 3. The Morgan fingerprint density at radius 3 is 2.81 bits per heavy atom. The minimum Gasteiger partial charge on any atom is -0.497 e. The molecule has 164 valence electrons.